The van der Waals surface area contributed by atoms with Crippen LogP contribution in [0.25, 0.3) is 10.8 Å². The average Bonchev–Trinajstić information content (AvgIpc) is 3.13. The fourth-order valence-electron chi connectivity index (χ4n) is 2.65. The molecule has 0 aromatic carbocycles. The third kappa shape index (κ3) is 3.79. The smallest absolute Gasteiger partial charge is 0.228 e. The summed E-state index contributed by atoms with van der Waals surface area (Å²) in [6.07, 6.45) is 2.72. The maximum absolute atomic E-state index is 12.5. The molecule has 2 aromatic heterocycles. The number of thiazole rings is 1. The van der Waals surface area contributed by atoms with Crippen molar-refractivity contribution in [3.05, 3.63) is 29.5 Å². The molecule has 3 heterocycles. The quantitative estimate of drug-likeness (QED) is 0.862. The lowest BCUT2D eigenvalue weighted by Crippen LogP contribution is -2.37. The molecule has 0 spiro atoms. The van der Waals surface area contributed by atoms with Crippen LogP contribution in [0.5, 0.6) is 0 Å². The normalized spacial score (nSPS) is 15.5. The van der Waals surface area contributed by atoms with Gasteiger partial charge in [-0.3, -0.25) is 9.59 Å². The molecule has 0 unspecified atom stereocenters. The lowest BCUT2D eigenvalue weighted by atomic mass is 10.3. The molecule has 3 rings (SSSR count). The Labute approximate surface area is 138 Å². The van der Waals surface area contributed by atoms with Gasteiger partial charge in [0.1, 0.15) is 0 Å². The zero-order chi connectivity index (χ0) is 16.2. The van der Waals surface area contributed by atoms with Crippen molar-refractivity contribution in [3.63, 3.8) is 0 Å². The SMILES string of the molecule is CC(=O)N1CCCN(C(=O)Cc2csc(-c3ccco3)n2)CC1. The summed E-state index contributed by atoms with van der Waals surface area (Å²) in [5.74, 6) is 0.856. The molecule has 6 nitrogen and oxygen atoms in total. The molecule has 2 aromatic rings. The second kappa shape index (κ2) is 6.95. The number of rotatable bonds is 3. The first-order valence-corrected chi connectivity index (χ1v) is 8.53. The van der Waals surface area contributed by atoms with Crippen LogP contribution in [-0.4, -0.2) is 52.8 Å². The maximum atomic E-state index is 12.5. The molecular formula is C16H19N3O3S. The van der Waals surface area contributed by atoms with Crippen molar-refractivity contribution in [2.24, 2.45) is 0 Å². The van der Waals surface area contributed by atoms with Crippen LogP contribution in [0.2, 0.25) is 0 Å². The number of carbonyl (C=O) groups excluding carboxylic acids is 2. The summed E-state index contributed by atoms with van der Waals surface area (Å²) in [7, 11) is 0. The van der Waals surface area contributed by atoms with Crippen LogP contribution in [0.3, 0.4) is 0 Å². The Morgan fingerprint density at radius 1 is 1.26 bits per heavy atom. The summed E-state index contributed by atoms with van der Waals surface area (Å²) < 4.78 is 5.32. The molecule has 7 heteroatoms. The van der Waals surface area contributed by atoms with Gasteiger partial charge in [-0.2, -0.15) is 0 Å². The number of amides is 2. The average molecular weight is 333 g/mol. The van der Waals surface area contributed by atoms with E-state index in [9.17, 15) is 9.59 Å². The van der Waals surface area contributed by atoms with E-state index in [1.54, 1.807) is 18.1 Å². The van der Waals surface area contributed by atoms with E-state index in [1.165, 1.54) is 11.3 Å². The number of hydrogen-bond acceptors (Lipinski definition) is 5. The number of hydrogen-bond donors (Lipinski definition) is 0. The van der Waals surface area contributed by atoms with E-state index in [0.29, 0.717) is 19.6 Å². The van der Waals surface area contributed by atoms with Crippen molar-refractivity contribution >= 4 is 23.2 Å². The number of nitrogens with zero attached hydrogens (tertiary/aromatic N) is 3. The molecule has 2 amide bonds. The van der Waals surface area contributed by atoms with Crippen LogP contribution in [0.4, 0.5) is 0 Å². The van der Waals surface area contributed by atoms with Crippen LogP contribution in [0.15, 0.2) is 28.2 Å². The molecule has 122 valence electrons. The van der Waals surface area contributed by atoms with Crippen molar-refractivity contribution in [1.29, 1.82) is 0 Å². The molecule has 0 radical (unpaired) electrons. The first-order valence-electron chi connectivity index (χ1n) is 7.65. The Balaban J connectivity index is 1.60. The topological polar surface area (TPSA) is 66.7 Å². The van der Waals surface area contributed by atoms with Crippen molar-refractivity contribution in [2.75, 3.05) is 26.2 Å². The summed E-state index contributed by atoms with van der Waals surface area (Å²) >= 11 is 1.48. The van der Waals surface area contributed by atoms with E-state index in [2.05, 4.69) is 4.98 Å². The fourth-order valence-corrected chi connectivity index (χ4v) is 3.44. The van der Waals surface area contributed by atoms with Gasteiger partial charge < -0.3 is 14.2 Å². The van der Waals surface area contributed by atoms with Gasteiger partial charge in [-0.1, -0.05) is 0 Å². The van der Waals surface area contributed by atoms with Gasteiger partial charge in [0.25, 0.3) is 0 Å². The Bertz CT molecular complexity index is 681. The second-order valence-corrected chi connectivity index (χ2v) is 6.40. The van der Waals surface area contributed by atoms with Crippen LogP contribution in [0.1, 0.15) is 19.0 Å². The summed E-state index contributed by atoms with van der Waals surface area (Å²) in [5.41, 5.74) is 0.763. The highest BCUT2D eigenvalue weighted by Gasteiger charge is 2.21. The molecule has 1 fully saturated rings. The largest absolute Gasteiger partial charge is 0.462 e. The lowest BCUT2D eigenvalue weighted by Gasteiger charge is -2.21. The van der Waals surface area contributed by atoms with E-state index in [0.717, 1.165) is 29.4 Å². The zero-order valence-electron chi connectivity index (χ0n) is 13.0. The van der Waals surface area contributed by atoms with E-state index < -0.39 is 0 Å². The van der Waals surface area contributed by atoms with Gasteiger partial charge in [-0.05, 0) is 18.6 Å². The van der Waals surface area contributed by atoms with E-state index in [4.69, 9.17) is 4.42 Å². The summed E-state index contributed by atoms with van der Waals surface area (Å²) in [5, 5.41) is 2.69. The molecule has 0 saturated carbocycles. The fraction of sp³-hybridized carbons (Fsp3) is 0.438. The molecule has 0 bridgehead atoms. The molecule has 0 N–H and O–H groups in total. The minimum Gasteiger partial charge on any atom is -0.462 e. The van der Waals surface area contributed by atoms with Crippen molar-refractivity contribution < 1.29 is 14.0 Å². The van der Waals surface area contributed by atoms with Gasteiger partial charge in [-0.25, -0.2) is 4.98 Å². The molecular weight excluding hydrogens is 314 g/mol. The second-order valence-electron chi connectivity index (χ2n) is 5.54. The third-order valence-corrected chi connectivity index (χ3v) is 4.82. The Kier molecular flexibility index (Phi) is 4.76. The zero-order valence-corrected chi connectivity index (χ0v) is 13.8. The predicted octanol–water partition coefficient (Wildman–Crippen LogP) is 2.03. The predicted molar refractivity (Wildman–Crippen MR) is 87.0 cm³/mol. The summed E-state index contributed by atoms with van der Waals surface area (Å²) in [6.45, 7) is 4.18. The molecule has 0 aliphatic carbocycles. The van der Waals surface area contributed by atoms with Gasteiger partial charge >= 0.3 is 0 Å². The Morgan fingerprint density at radius 3 is 2.78 bits per heavy atom. The van der Waals surface area contributed by atoms with Crippen LogP contribution in [-0.2, 0) is 16.0 Å². The standard InChI is InChI=1S/C16H19N3O3S/c1-12(20)18-5-3-6-19(8-7-18)15(21)10-13-11-23-16(17-13)14-4-2-9-22-14/h2,4,9,11H,3,5-8,10H2,1H3. The van der Waals surface area contributed by atoms with Gasteiger partial charge in [-0.15, -0.1) is 11.3 Å². The minimum atomic E-state index is 0.0618. The third-order valence-electron chi connectivity index (χ3n) is 3.91. The highest BCUT2D eigenvalue weighted by atomic mass is 32.1. The van der Waals surface area contributed by atoms with Gasteiger partial charge in [0.05, 0.1) is 18.4 Å². The van der Waals surface area contributed by atoms with Gasteiger partial charge in [0.15, 0.2) is 10.8 Å². The summed E-state index contributed by atoms with van der Waals surface area (Å²) in [6, 6.07) is 3.68. The van der Waals surface area contributed by atoms with E-state index in [1.807, 2.05) is 22.4 Å². The highest BCUT2D eigenvalue weighted by molar-refractivity contribution is 7.13. The van der Waals surface area contributed by atoms with E-state index in [-0.39, 0.29) is 18.2 Å². The monoisotopic (exact) mass is 333 g/mol. The van der Waals surface area contributed by atoms with Crippen molar-refractivity contribution in [2.45, 2.75) is 19.8 Å². The van der Waals surface area contributed by atoms with Crippen molar-refractivity contribution in [1.82, 2.24) is 14.8 Å². The molecule has 1 aliphatic rings. The Morgan fingerprint density at radius 2 is 2.04 bits per heavy atom. The lowest BCUT2D eigenvalue weighted by molar-refractivity contribution is -0.132. The Hall–Kier alpha value is -2.15. The summed E-state index contributed by atoms with van der Waals surface area (Å²) in [4.78, 5) is 32.0. The number of carbonyl (C=O) groups is 2. The first kappa shape index (κ1) is 15.7. The van der Waals surface area contributed by atoms with Crippen LogP contribution < -0.4 is 0 Å². The molecule has 23 heavy (non-hydrogen) atoms. The van der Waals surface area contributed by atoms with Crippen LogP contribution in [0, 0.1) is 0 Å². The van der Waals surface area contributed by atoms with Gasteiger partial charge in [0, 0.05) is 38.5 Å². The number of furan rings is 1. The minimum absolute atomic E-state index is 0.0618. The maximum Gasteiger partial charge on any atom is 0.228 e. The van der Waals surface area contributed by atoms with Gasteiger partial charge in [0.2, 0.25) is 11.8 Å². The van der Waals surface area contributed by atoms with Crippen molar-refractivity contribution in [3.8, 4) is 10.8 Å². The first-order chi connectivity index (χ1) is 11.1. The number of aromatic nitrogens is 1. The van der Waals surface area contributed by atoms with E-state index >= 15 is 0 Å². The molecule has 1 aliphatic heterocycles. The van der Waals surface area contributed by atoms with Crippen LogP contribution >= 0.6 is 11.3 Å². The highest BCUT2D eigenvalue weighted by Crippen LogP contribution is 2.24. The molecule has 0 atom stereocenters. The molecule has 1 saturated heterocycles.